The Kier molecular flexibility index (Phi) is 6.11. The van der Waals surface area contributed by atoms with Gasteiger partial charge in [0.2, 0.25) is 0 Å². The first-order valence-corrected chi connectivity index (χ1v) is 6.16. The zero-order valence-corrected chi connectivity index (χ0v) is 11.0. The number of carboxylic acid groups (broad SMARTS) is 1. The maximum absolute atomic E-state index is 11.2. The van der Waals surface area contributed by atoms with Crippen LogP contribution in [0, 0.1) is 0 Å². The molecule has 0 aliphatic heterocycles. The lowest BCUT2D eigenvalue weighted by molar-refractivity contribution is 0.0697. The Balaban J connectivity index is 2.82. The Morgan fingerprint density at radius 2 is 2.16 bits per heavy atom. The molecule has 6 nitrogen and oxygen atoms in total. The molecule has 0 saturated carbocycles. The maximum atomic E-state index is 11.2. The SMILES string of the molecule is CCN(CCOCCO)c1ccc(N)cc1C(=O)O. The summed E-state index contributed by atoms with van der Waals surface area (Å²) in [6.07, 6.45) is 0. The molecular weight excluding hydrogens is 248 g/mol. The van der Waals surface area contributed by atoms with Gasteiger partial charge in [0.1, 0.15) is 0 Å². The summed E-state index contributed by atoms with van der Waals surface area (Å²) in [5.41, 5.74) is 6.84. The van der Waals surface area contributed by atoms with Gasteiger partial charge in [-0.3, -0.25) is 0 Å². The van der Waals surface area contributed by atoms with Crippen LogP contribution in [-0.2, 0) is 4.74 Å². The second-order valence-electron chi connectivity index (χ2n) is 4.00. The molecule has 0 saturated heterocycles. The van der Waals surface area contributed by atoms with Crippen LogP contribution in [0.3, 0.4) is 0 Å². The van der Waals surface area contributed by atoms with Crippen LogP contribution < -0.4 is 10.6 Å². The van der Waals surface area contributed by atoms with Crippen LogP contribution in [0.2, 0.25) is 0 Å². The highest BCUT2D eigenvalue weighted by Gasteiger charge is 2.15. The molecule has 0 heterocycles. The third-order valence-corrected chi connectivity index (χ3v) is 2.71. The van der Waals surface area contributed by atoms with E-state index in [4.69, 9.17) is 15.6 Å². The van der Waals surface area contributed by atoms with Crippen LogP contribution in [0.25, 0.3) is 0 Å². The van der Waals surface area contributed by atoms with Gasteiger partial charge in [-0.1, -0.05) is 0 Å². The Morgan fingerprint density at radius 3 is 2.74 bits per heavy atom. The van der Waals surface area contributed by atoms with Crippen LogP contribution in [0.1, 0.15) is 17.3 Å². The van der Waals surface area contributed by atoms with Gasteiger partial charge in [0.05, 0.1) is 31.1 Å². The van der Waals surface area contributed by atoms with Crippen LogP contribution in [-0.4, -0.2) is 49.1 Å². The number of benzene rings is 1. The lowest BCUT2D eigenvalue weighted by Gasteiger charge is -2.24. The summed E-state index contributed by atoms with van der Waals surface area (Å²) in [6.45, 7) is 3.85. The first kappa shape index (κ1) is 15.3. The van der Waals surface area contributed by atoms with Gasteiger partial charge in [-0.05, 0) is 25.1 Å². The van der Waals surface area contributed by atoms with E-state index in [0.29, 0.717) is 31.1 Å². The molecule has 106 valence electrons. The molecule has 0 fully saturated rings. The molecule has 0 amide bonds. The van der Waals surface area contributed by atoms with Crippen LogP contribution in [0.5, 0.6) is 0 Å². The first-order valence-electron chi connectivity index (χ1n) is 6.16. The van der Waals surface area contributed by atoms with Gasteiger partial charge in [-0.2, -0.15) is 0 Å². The van der Waals surface area contributed by atoms with Gasteiger partial charge in [-0.25, -0.2) is 4.79 Å². The number of ether oxygens (including phenoxy) is 1. The predicted octanol–water partition coefficient (Wildman–Crippen LogP) is 0.802. The van der Waals surface area contributed by atoms with Crippen molar-refractivity contribution in [2.45, 2.75) is 6.92 Å². The Labute approximate surface area is 112 Å². The summed E-state index contributed by atoms with van der Waals surface area (Å²) in [7, 11) is 0. The van der Waals surface area contributed by atoms with E-state index in [2.05, 4.69) is 0 Å². The number of hydrogen-bond acceptors (Lipinski definition) is 5. The van der Waals surface area contributed by atoms with E-state index in [0.717, 1.165) is 0 Å². The summed E-state index contributed by atoms with van der Waals surface area (Å²) in [4.78, 5) is 13.1. The second-order valence-corrected chi connectivity index (χ2v) is 4.00. The number of rotatable bonds is 8. The molecule has 0 aliphatic rings. The van der Waals surface area contributed by atoms with Crippen LogP contribution >= 0.6 is 0 Å². The number of carboxylic acids is 1. The van der Waals surface area contributed by atoms with Crippen LogP contribution in [0.4, 0.5) is 11.4 Å². The number of anilines is 2. The third kappa shape index (κ3) is 4.42. The summed E-state index contributed by atoms with van der Waals surface area (Å²) in [5, 5.41) is 17.8. The minimum atomic E-state index is -1.00. The minimum Gasteiger partial charge on any atom is -0.478 e. The van der Waals surface area contributed by atoms with Crippen molar-refractivity contribution in [1.29, 1.82) is 0 Å². The molecule has 1 rings (SSSR count). The van der Waals surface area contributed by atoms with Gasteiger partial charge in [-0.15, -0.1) is 0 Å². The molecule has 0 radical (unpaired) electrons. The highest BCUT2D eigenvalue weighted by atomic mass is 16.5. The molecule has 0 aromatic heterocycles. The number of hydrogen-bond donors (Lipinski definition) is 3. The standard InChI is InChI=1S/C13H20N2O4/c1-2-15(5-7-19-8-6-16)12-4-3-10(14)9-11(12)13(17)18/h3-4,9,16H,2,5-8,14H2,1H3,(H,17,18). The van der Waals surface area contributed by atoms with E-state index < -0.39 is 5.97 Å². The molecule has 19 heavy (non-hydrogen) atoms. The lowest BCUT2D eigenvalue weighted by atomic mass is 10.1. The van der Waals surface area contributed by atoms with Gasteiger partial charge in [0, 0.05) is 18.8 Å². The quantitative estimate of drug-likeness (QED) is 0.477. The Morgan fingerprint density at radius 1 is 1.42 bits per heavy atom. The molecule has 0 unspecified atom stereocenters. The molecule has 0 bridgehead atoms. The molecule has 0 aliphatic carbocycles. The van der Waals surface area contributed by atoms with E-state index >= 15 is 0 Å². The summed E-state index contributed by atoms with van der Waals surface area (Å²) >= 11 is 0. The predicted molar refractivity (Wildman–Crippen MR) is 73.6 cm³/mol. The number of nitrogens with two attached hydrogens (primary N) is 1. The van der Waals surface area contributed by atoms with Crippen molar-refractivity contribution in [1.82, 2.24) is 0 Å². The molecule has 6 heteroatoms. The van der Waals surface area contributed by atoms with E-state index in [1.807, 2.05) is 11.8 Å². The summed E-state index contributed by atoms with van der Waals surface area (Å²) in [5.74, 6) is -1.00. The second kappa shape index (κ2) is 7.60. The number of nitrogens with zero attached hydrogens (tertiary/aromatic N) is 1. The Hall–Kier alpha value is -1.79. The van der Waals surface area contributed by atoms with Gasteiger partial charge >= 0.3 is 5.97 Å². The molecule has 1 aromatic carbocycles. The monoisotopic (exact) mass is 268 g/mol. The van der Waals surface area contributed by atoms with E-state index in [1.165, 1.54) is 6.07 Å². The largest absolute Gasteiger partial charge is 0.478 e. The highest BCUT2D eigenvalue weighted by Crippen LogP contribution is 2.23. The normalized spacial score (nSPS) is 10.4. The molecule has 0 atom stereocenters. The molecule has 1 aromatic rings. The van der Waals surface area contributed by atoms with E-state index in [1.54, 1.807) is 12.1 Å². The van der Waals surface area contributed by atoms with Gasteiger partial charge in [0.15, 0.2) is 0 Å². The van der Waals surface area contributed by atoms with Crippen molar-refractivity contribution in [3.05, 3.63) is 23.8 Å². The van der Waals surface area contributed by atoms with Gasteiger partial charge < -0.3 is 25.6 Å². The van der Waals surface area contributed by atoms with Crippen molar-refractivity contribution >= 4 is 17.3 Å². The zero-order chi connectivity index (χ0) is 14.3. The number of likely N-dealkylation sites (N-methyl/N-ethyl adjacent to an activating group) is 1. The van der Waals surface area contributed by atoms with Crippen LogP contribution in [0.15, 0.2) is 18.2 Å². The minimum absolute atomic E-state index is 0.0195. The number of aliphatic hydroxyl groups is 1. The van der Waals surface area contributed by atoms with Gasteiger partial charge in [0.25, 0.3) is 0 Å². The number of carbonyl (C=O) groups is 1. The molecule has 0 spiro atoms. The van der Waals surface area contributed by atoms with E-state index in [-0.39, 0.29) is 18.8 Å². The fraction of sp³-hybridized carbons (Fsp3) is 0.462. The zero-order valence-electron chi connectivity index (χ0n) is 11.0. The van der Waals surface area contributed by atoms with Crippen molar-refractivity contribution in [2.75, 3.05) is 43.5 Å². The number of nitrogen functional groups attached to an aromatic ring is 1. The lowest BCUT2D eigenvalue weighted by Crippen LogP contribution is -2.29. The van der Waals surface area contributed by atoms with Crippen molar-refractivity contribution < 1.29 is 19.7 Å². The van der Waals surface area contributed by atoms with Crippen molar-refractivity contribution in [3.63, 3.8) is 0 Å². The smallest absolute Gasteiger partial charge is 0.337 e. The fourth-order valence-corrected chi connectivity index (χ4v) is 1.79. The third-order valence-electron chi connectivity index (χ3n) is 2.71. The average Bonchev–Trinajstić information content (AvgIpc) is 2.39. The first-order chi connectivity index (χ1) is 9.10. The maximum Gasteiger partial charge on any atom is 0.337 e. The summed E-state index contributed by atoms with van der Waals surface area (Å²) < 4.78 is 5.20. The van der Waals surface area contributed by atoms with Crippen molar-refractivity contribution in [3.8, 4) is 0 Å². The summed E-state index contributed by atoms with van der Waals surface area (Å²) in [6, 6.07) is 4.84. The molecular formula is C13H20N2O4. The fourth-order valence-electron chi connectivity index (χ4n) is 1.79. The molecule has 4 N–H and O–H groups in total. The van der Waals surface area contributed by atoms with Crippen molar-refractivity contribution in [2.24, 2.45) is 0 Å². The number of aliphatic hydroxyl groups excluding tert-OH is 1. The highest BCUT2D eigenvalue weighted by molar-refractivity contribution is 5.95. The topological polar surface area (TPSA) is 96.0 Å². The Bertz CT molecular complexity index is 423. The average molecular weight is 268 g/mol. The van der Waals surface area contributed by atoms with E-state index in [9.17, 15) is 9.90 Å². The number of aromatic carboxylic acids is 1.